The normalized spacial score (nSPS) is 17.6. The number of benzene rings is 2. The Kier molecular flexibility index (Phi) is 6.94. The van der Waals surface area contributed by atoms with Crippen molar-refractivity contribution in [1.29, 1.82) is 0 Å². The number of carbonyl (C=O) groups excluding carboxylic acids is 2. The van der Waals surface area contributed by atoms with Crippen molar-refractivity contribution in [3.63, 3.8) is 0 Å². The summed E-state index contributed by atoms with van der Waals surface area (Å²) >= 11 is 0. The van der Waals surface area contributed by atoms with Crippen LogP contribution in [0.1, 0.15) is 54.0 Å². The van der Waals surface area contributed by atoms with Crippen LogP contribution < -0.4 is 14.5 Å². The van der Waals surface area contributed by atoms with Crippen molar-refractivity contribution >= 4 is 23.2 Å². The Labute approximate surface area is 244 Å². The molecular formula is C31H34N8O3. The Bertz CT molecular complexity index is 1600. The zero-order chi connectivity index (χ0) is 28.6. The lowest BCUT2D eigenvalue weighted by atomic mass is 10.0. The number of nitrogens with zero attached hydrogens (tertiary/aromatic N) is 8. The number of aromatic nitrogens is 5. The maximum atomic E-state index is 14.2. The molecule has 2 aromatic heterocycles. The maximum Gasteiger partial charge on any atom is 0.277 e. The van der Waals surface area contributed by atoms with Gasteiger partial charge in [-0.3, -0.25) is 19.1 Å². The van der Waals surface area contributed by atoms with Crippen LogP contribution in [0.5, 0.6) is 5.75 Å². The van der Waals surface area contributed by atoms with Crippen LogP contribution in [0.25, 0.3) is 11.5 Å². The number of likely N-dealkylation sites (tertiary alicyclic amines) is 1. The van der Waals surface area contributed by atoms with Crippen LogP contribution in [0.3, 0.4) is 0 Å². The zero-order valence-electron chi connectivity index (χ0n) is 23.8. The number of methoxy groups -OCH3 is 1. The second-order valence-corrected chi connectivity index (χ2v) is 11.1. The summed E-state index contributed by atoms with van der Waals surface area (Å²) < 4.78 is 9.03. The van der Waals surface area contributed by atoms with E-state index in [0.29, 0.717) is 37.4 Å². The van der Waals surface area contributed by atoms with Crippen LogP contribution in [-0.2, 0) is 17.8 Å². The summed E-state index contributed by atoms with van der Waals surface area (Å²) in [4.78, 5) is 32.7. The zero-order valence-corrected chi connectivity index (χ0v) is 23.8. The second-order valence-electron chi connectivity index (χ2n) is 11.1. The van der Waals surface area contributed by atoms with Crippen molar-refractivity contribution < 1.29 is 14.3 Å². The van der Waals surface area contributed by atoms with Crippen LogP contribution in [0.15, 0.2) is 54.9 Å². The molecule has 0 saturated carbocycles. The second kappa shape index (κ2) is 11.1. The highest BCUT2D eigenvalue weighted by molar-refractivity contribution is 6.08. The summed E-state index contributed by atoms with van der Waals surface area (Å²) in [5.41, 5.74) is 3.84. The van der Waals surface area contributed by atoms with E-state index < -0.39 is 0 Å². The van der Waals surface area contributed by atoms with E-state index in [4.69, 9.17) is 9.84 Å². The highest BCUT2D eigenvalue weighted by atomic mass is 16.5. The maximum absolute atomic E-state index is 14.2. The number of amides is 2. The fourth-order valence-electron chi connectivity index (χ4n) is 6.27. The van der Waals surface area contributed by atoms with Gasteiger partial charge in [-0.2, -0.15) is 0 Å². The predicted molar refractivity (Wildman–Crippen MR) is 158 cm³/mol. The number of rotatable bonds is 7. The van der Waals surface area contributed by atoms with Crippen molar-refractivity contribution in [1.82, 2.24) is 29.4 Å². The predicted octanol–water partition coefficient (Wildman–Crippen LogP) is 3.78. The summed E-state index contributed by atoms with van der Waals surface area (Å²) in [7, 11) is 1.63. The van der Waals surface area contributed by atoms with Crippen LogP contribution in [0.2, 0.25) is 0 Å². The minimum absolute atomic E-state index is 0.123. The van der Waals surface area contributed by atoms with Crippen LogP contribution in [-0.4, -0.2) is 74.5 Å². The molecule has 2 aromatic carbocycles. The van der Waals surface area contributed by atoms with Gasteiger partial charge in [0.1, 0.15) is 17.8 Å². The van der Waals surface area contributed by atoms with E-state index in [0.717, 1.165) is 66.7 Å². The molecule has 7 rings (SSSR count). The third-order valence-corrected chi connectivity index (χ3v) is 8.52. The van der Waals surface area contributed by atoms with Crippen LogP contribution in [0.4, 0.5) is 11.4 Å². The fourth-order valence-corrected chi connectivity index (χ4v) is 6.27. The first kappa shape index (κ1) is 26.4. The molecule has 0 atom stereocenters. The number of hydrogen-bond acceptors (Lipinski definition) is 7. The van der Waals surface area contributed by atoms with E-state index in [9.17, 15) is 9.59 Å². The minimum atomic E-state index is -0.123. The first-order chi connectivity index (χ1) is 20.6. The smallest absolute Gasteiger partial charge is 0.277 e. The van der Waals surface area contributed by atoms with Crippen molar-refractivity contribution in [3.8, 4) is 17.3 Å². The number of fused-ring (bicyclic) bond motifs is 1. The number of ether oxygens (including phenoxy) is 1. The van der Waals surface area contributed by atoms with Crippen molar-refractivity contribution in [3.05, 3.63) is 71.9 Å². The Hall–Kier alpha value is -4.51. The molecule has 0 aliphatic carbocycles. The fraction of sp³-hybridized carbons (Fsp3) is 0.387. The van der Waals surface area contributed by atoms with E-state index in [-0.39, 0.29) is 11.8 Å². The highest BCUT2D eigenvalue weighted by Crippen LogP contribution is 2.32. The highest BCUT2D eigenvalue weighted by Gasteiger charge is 2.35. The molecule has 2 saturated heterocycles. The summed E-state index contributed by atoms with van der Waals surface area (Å²) in [5.74, 6) is 2.26. The van der Waals surface area contributed by atoms with Gasteiger partial charge >= 0.3 is 0 Å². The largest absolute Gasteiger partial charge is 0.497 e. The van der Waals surface area contributed by atoms with Gasteiger partial charge in [0, 0.05) is 36.4 Å². The molecule has 11 heteroatoms. The van der Waals surface area contributed by atoms with E-state index in [1.165, 1.54) is 12.8 Å². The van der Waals surface area contributed by atoms with Gasteiger partial charge in [-0.25, -0.2) is 4.68 Å². The molecule has 2 fully saturated rings. The summed E-state index contributed by atoms with van der Waals surface area (Å²) in [5, 5.41) is 13.7. The molecule has 42 heavy (non-hydrogen) atoms. The van der Waals surface area contributed by atoms with E-state index in [1.54, 1.807) is 23.0 Å². The average Bonchev–Trinajstić information content (AvgIpc) is 3.79. The molecule has 11 nitrogen and oxygen atoms in total. The van der Waals surface area contributed by atoms with E-state index in [1.807, 2.05) is 58.0 Å². The Balaban J connectivity index is 1.25. The van der Waals surface area contributed by atoms with Gasteiger partial charge in [-0.05, 0) is 93.7 Å². The molecule has 216 valence electrons. The van der Waals surface area contributed by atoms with E-state index >= 15 is 0 Å². The van der Waals surface area contributed by atoms with Gasteiger partial charge in [0.05, 0.1) is 19.3 Å². The summed E-state index contributed by atoms with van der Waals surface area (Å²) in [6, 6.07) is 15.3. The lowest BCUT2D eigenvalue weighted by Crippen LogP contribution is -2.39. The molecule has 0 N–H and O–H groups in total. The lowest BCUT2D eigenvalue weighted by molar-refractivity contribution is -0.119. The van der Waals surface area contributed by atoms with Gasteiger partial charge in [0.15, 0.2) is 11.6 Å². The molecule has 3 aliphatic heterocycles. The third-order valence-electron chi connectivity index (χ3n) is 8.52. The monoisotopic (exact) mass is 566 g/mol. The van der Waals surface area contributed by atoms with Crippen molar-refractivity contribution in [2.45, 2.75) is 45.1 Å². The molecule has 3 aliphatic rings. The number of hydrogen-bond donors (Lipinski definition) is 0. The number of carbonyl (C=O) groups is 2. The summed E-state index contributed by atoms with van der Waals surface area (Å²) in [6.45, 7) is 4.03. The molecule has 2 amide bonds. The third kappa shape index (κ3) is 4.73. The summed E-state index contributed by atoms with van der Waals surface area (Å²) in [6.07, 6.45) is 7.23. The van der Waals surface area contributed by atoms with Gasteiger partial charge in [-0.15, -0.1) is 15.3 Å². The lowest BCUT2D eigenvalue weighted by Gasteiger charge is -2.29. The molecule has 0 unspecified atom stereocenters. The molecule has 0 spiro atoms. The average molecular weight is 567 g/mol. The van der Waals surface area contributed by atoms with Crippen LogP contribution in [0, 0.1) is 0 Å². The SMILES string of the molecule is COc1ccc(-n2nc(-n3cnnc3CN3CCCC3)c3c2C(=O)N(c2ccc(N4CCCCC4=O)cc2)CC3)cc1. The Morgan fingerprint density at radius 2 is 1.48 bits per heavy atom. The molecular weight excluding hydrogens is 532 g/mol. The Morgan fingerprint density at radius 1 is 0.786 bits per heavy atom. The van der Waals surface area contributed by atoms with Gasteiger partial charge in [0.25, 0.3) is 5.91 Å². The molecule has 4 aromatic rings. The first-order valence-electron chi connectivity index (χ1n) is 14.7. The van der Waals surface area contributed by atoms with Crippen molar-refractivity contribution in [2.24, 2.45) is 0 Å². The van der Waals surface area contributed by atoms with Crippen molar-refractivity contribution in [2.75, 3.05) is 43.1 Å². The standard InChI is InChI=1S/C31H34N8O3/c1-42-25-13-11-24(12-14-25)39-29-26(30(34-39)38-21-32-33-27(38)20-35-16-4-5-17-35)15-19-37(31(29)41)23-9-7-22(8-10-23)36-18-3-2-6-28(36)40/h7-14,21H,2-6,15-20H2,1H3. The molecule has 5 heterocycles. The van der Waals surface area contributed by atoms with Gasteiger partial charge < -0.3 is 14.5 Å². The molecule has 0 bridgehead atoms. The number of anilines is 2. The minimum Gasteiger partial charge on any atom is -0.497 e. The van der Waals surface area contributed by atoms with E-state index in [2.05, 4.69) is 15.1 Å². The van der Waals surface area contributed by atoms with Gasteiger partial charge in [0.2, 0.25) is 5.91 Å². The van der Waals surface area contributed by atoms with Gasteiger partial charge in [-0.1, -0.05) is 0 Å². The van der Waals surface area contributed by atoms with Crippen LogP contribution >= 0.6 is 0 Å². The molecule has 0 radical (unpaired) electrons. The first-order valence-corrected chi connectivity index (χ1v) is 14.7. The Morgan fingerprint density at radius 3 is 2.19 bits per heavy atom. The number of piperidine rings is 1. The topological polar surface area (TPSA) is 102 Å². The quantitative estimate of drug-likeness (QED) is 0.336.